The van der Waals surface area contributed by atoms with Crippen LogP contribution in [0.3, 0.4) is 0 Å². The van der Waals surface area contributed by atoms with Crippen LogP contribution in [0.15, 0.2) is 0 Å². The van der Waals surface area contributed by atoms with Gasteiger partial charge in [-0.1, -0.05) is 40.0 Å². The van der Waals surface area contributed by atoms with E-state index in [-0.39, 0.29) is 22.9 Å². The number of nitrogens with two attached hydrogens (primary N) is 1. The van der Waals surface area contributed by atoms with Crippen molar-refractivity contribution in [1.82, 2.24) is 0 Å². The van der Waals surface area contributed by atoms with Gasteiger partial charge in [-0.2, -0.15) is 0 Å². The smallest absolute Gasteiger partial charge is 0.313 e. The summed E-state index contributed by atoms with van der Waals surface area (Å²) in [5, 5.41) is 0. The van der Waals surface area contributed by atoms with Gasteiger partial charge < -0.3 is 10.5 Å². The molecule has 3 saturated carbocycles. The predicted molar refractivity (Wildman–Crippen MR) is 83.7 cm³/mol. The first-order valence-electron chi connectivity index (χ1n) is 8.77. The SMILES string of the molecule is CC1(C)C2CCC1(C)C(OC(=O)C1(CN)CCCCC1)C2. The van der Waals surface area contributed by atoms with Crippen molar-refractivity contribution in [2.45, 2.75) is 78.2 Å². The van der Waals surface area contributed by atoms with Crippen molar-refractivity contribution < 1.29 is 9.53 Å². The van der Waals surface area contributed by atoms with E-state index in [1.165, 1.54) is 19.3 Å². The monoisotopic (exact) mass is 293 g/mol. The molecule has 0 aromatic carbocycles. The molecule has 3 aliphatic carbocycles. The maximum absolute atomic E-state index is 12.8. The Hall–Kier alpha value is -0.570. The van der Waals surface area contributed by atoms with Crippen molar-refractivity contribution in [2.24, 2.45) is 27.9 Å². The number of carbonyl (C=O) groups is 1. The number of fused-ring (bicyclic) bond motifs is 2. The van der Waals surface area contributed by atoms with Crippen molar-refractivity contribution in [1.29, 1.82) is 0 Å². The summed E-state index contributed by atoms with van der Waals surface area (Å²) in [4.78, 5) is 12.8. The van der Waals surface area contributed by atoms with E-state index in [2.05, 4.69) is 20.8 Å². The predicted octanol–water partition coefficient (Wildman–Crippen LogP) is 3.65. The molecule has 2 bridgehead atoms. The first kappa shape index (κ1) is 15.3. The zero-order chi connectivity index (χ0) is 15.3. The number of esters is 1. The largest absolute Gasteiger partial charge is 0.461 e. The third-order valence-electron chi connectivity index (χ3n) is 7.60. The second-order valence-corrected chi connectivity index (χ2v) is 8.55. The Kier molecular flexibility index (Phi) is 3.63. The van der Waals surface area contributed by atoms with Crippen LogP contribution in [0.2, 0.25) is 0 Å². The lowest BCUT2D eigenvalue weighted by molar-refractivity contribution is -0.171. The van der Waals surface area contributed by atoms with E-state index in [0.29, 0.717) is 17.9 Å². The molecule has 21 heavy (non-hydrogen) atoms. The number of hydrogen-bond donors (Lipinski definition) is 1. The van der Waals surface area contributed by atoms with Crippen LogP contribution in [0.25, 0.3) is 0 Å². The highest BCUT2D eigenvalue weighted by Crippen LogP contribution is 2.66. The molecule has 0 aromatic rings. The van der Waals surface area contributed by atoms with E-state index < -0.39 is 0 Å². The lowest BCUT2D eigenvalue weighted by Crippen LogP contribution is -2.46. The van der Waals surface area contributed by atoms with Crippen molar-refractivity contribution in [3.63, 3.8) is 0 Å². The van der Waals surface area contributed by atoms with Crippen LogP contribution >= 0.6 is 0 Å². The summed E-state index contributed by atoms with van der Waals surface area (Å²) in [6.07, 6.45) is 8.92. The molecule has 0 aliphatic heterocycles. The highest BCUT2D eigenvalue weighted by Gasteiger charge is 2.63. The van der Waals surface area contributed by atoms with Gasteiger partial charge >= 0.3 is 5.97 Å². The summed E-state index contributed by atoms with van der Waals surface area (Å²) in [5.74, 6) is 0.708. The molecule has 3 heteroatoms. The molecule has 3 fully saturated rings. The maximum atomic E-state index is 12.8. The first-order valence-corrected chi connectivity index (χ1v) is 8.77. The van der Waals surface area contributed by atoms with Gasteiger partial charge in [0.15, 0.2) is 0 Å². The molecule has 3 aliphatic rings. The molecule has 3 unspecified atom stereocenters. The summed E-state index contributed by atoms with van der Waals surface area (Å²) in [6, 6.07) is 0. The minimum Gasteiger partial charge on any atom is -0.461 e. The molecule has 0 amide bonds. The van der Waals surface area contributed by atoms with E-state index >= 15 is 0 Å². The molecule has 120 valence electrons. The Balaban J connectivity index is 1.74. The number of carbonyl (C=O) groups excluding carboxylic acids is 1. The topological polar surface area (TPSA) is 52.3 Å². The Morgan fingerprint density at radius 1 is 1.14 bits per heavy atom. The fraction of sp³-hybridized carbons (Fsp3) is 0.944. The molecule has 3 atom stereocenters. The van der Waals surface area contributed by atoms with Gasteiger partial charge in [0.2, 0.25) is 0 Å². The minimum absolute atomic E-state index is 0.000671. The van der Waals surface area contributed by atoms with Gasteiger partial charge in [0.25, 0.3) is 0 Å². The van der Waals surface area contributed by atoms with Gasteiger partial charge in [-0.3, -0.25) is 4.79 Å². The summed E-state index contributed by atoms with van der Waals surface area (Å²) in [5.41, 5.74) is 6.03. The highest BCUT2D eigenvalue weighted by atomic mass is 16.5. The van der Waals surface area contributed by atoms with Crippen LogP contribution in [-0.4, -0.2) is 18.6 Å². The number of rotatable bonds is 3. The Labute approximate surface area is 129 Å². The average molecular weight is 293 g/mol. The van der Waals surface area contributed by atoms with Crippen molar-refractivity contribution in [2.75, 3.05) is 6.54 Å². The van der Waals surface area contributed by atoms with Gasteiger partial charge in [0, 0.05) is 12.0 Å². The quantitative estimate of drug-likeness (QED) is 0.808. The normalized spacial score (nSPS) is 40.2. The lowest BCUT2D eigenvalue weighted by atomic mass is 9.69. The van der Waals surface area contributed by atoms with Crippen LogP contribution in [-0.2, 0) is 9.53 Å². The molecule has 0 radical (unpaired) electrons. The molecular weight excluding hydrogens is 262 g/mol. The van der Waals surface area contributed by atoms with Crippen LogP contribution in [0.1, 0.15) is 72.1 Å². The van der Waals surface area contributed by atoms with E-state index in [1.54, 1.807) is 0 Å². The number of hydrogen-bond acceptors (Lipinski definition) is 3. The summed E-state index contributed by atoms with van der Waals surface area (Å²) in [6.45, 7) is 7.49. The molecule has 3 rings (SSSR count). The zero-order valence-electron chi connectivity index (χ0n) is 13.9. The van der Waals surface area contributed by atoms with Gasteiger partial charge in [-0.25, -0.2) is 0 Å². The molecule has 0 aromatic heterocycles. The first-order chi connectivity index (χ1) is 9.86. The van der Waals surface area contributed by atoms with Crippen molar-refractivity contribution in [3.05, 3.63) is 0 Å². The van der Waals surface area contributed by atoms with Crippen LogP contribution in [0.5, 0.6) is 0 Å². The fourth-order valence-corrected chi connectivity index (χ4v) is 5.28. The van der Waals surface area contributed by atoms with E-state index in [1.807, 2.05) is 0 Å². The minimum atomic E-state index is -0.388. The van der Waals surface area contributed by atoms with E-state index in [9.17, 15) is 4.79 Å². The molecule has 0 spiro atoms. The maximum Gasteiger partial charge on any atom is 0.313 e. The second-order valence-electron chi connectivity index (χ2n) is 8.55. The molecule has 2 N–H and O–H groups in total. The third kappa shape index (κ3) is 2.07. The second kappa shape index (κ2) is 4.97. The van der Waals surface area contributed by atoms with Gasteiger partial charge in [0.1, 0.15) is 6.10 Å². The summed E-state index contributed by atoms with van der Waals surface area (Å²) < 4.78 is 6.10. The lowest BCUT2D eigenvalue weighted by Gasteiger charge is -2.41. The standard InChI is InChI=1S/C18H31NO2/c1-16(2)13-7-10-17(16,3)14(11-13)21-15(20)18(12-19)8-5-4-6-9-18/h13-14H,4-12,19H2,1-3H3. The van der Waals surface area contributed by atoms with Crippen LogP contribution in [0, 0.1) is 22.2 Å². The fourth-order valence-electron chi connectivity index (χ4n) is 5.28. The molecule has 0 heterocycles. The highest BCUT2D eigenvalue weighted by molar-refractivity contribution is 5.77. The van der Waals surface area contributed by atoms with Gasteiger partial charge in [0.05, 0.1) is 5.41 Å². The molecular formula is C18H31NO2. The zero-order valence-corrected chi connectivity index (χ0v) is 13.9. The van der Waals surface area contributed by atoms with E-state index in [4.69, 9.17) is 10.5 Å². The van der Waals surface area contributed by atoms with Crippen LogP contribution in [0.4, 0.5) is 0 Å². The van der Waals surface area contributed by atoms with Crippen molar-refractivity contribution >= 4 is 5.97 Å². The third-order valence-corrected chi connectivity index (χ3v) is 7.60. The number of ether oxygens (including phenoxy) is 1. The summed E-state index contributed by atoms with van der Waals surface area (Å²) in [7, 11) is 0. The Morgan fingerprint density at radius 2 is 1.81 bits per heavy atom. The molecule has 0 saturated heterocycles. The molecule has 3 nitrogen and oxygen atoms in total. The van der Waals surface area contributed by atoms with E-state index in [0.717, 1.165) is 32.1 Å². The summed E-state index contributed by atoms with van der Waals surface area (Å²) >= 11 is 0. The van der Waals surface area contributed by atoms with Gasteiger partial charge in [-0.15, -0.1) is 0 Å². The Bertz CT molecular complexity index is 425. The van der Waals surface area contributed by atoms with Gasteiger partial charge in [-0.05, 0) is 43.4 Å². The van der Waals surface area contributed by atoms with Crippen molar-refractivity contribution in [3.8, 4) is 0 Å². The van der Waals surface area contributed by atoms with Crippen LogP contribution < -0.4 is 5.73 Å². The Morgan fingerprint density at radius 3 is 2.29 bits per heavy atom. The average Bonchev–Trinajstić information content (AvgIpc) is 2.81.